The smallest absolute Gasteiger partial charge is 0.329 e. The molecule has 2 aliphatic carbocycles. The number of esters is 4. The van der Waals surface area contributed by atoms with Crippen molar-refractivity contribution in [1.82, 2.24) is 0 Å². The molecule has 0 saturated heterocycles. The van der Waals surface area contributed by atoms with Crippen molar-refractivity contribution in [2.45, 2.75) is 64.0 Å². The second-order valence-corrected chi connectivity index (χ2v) is 12.3. The van der Waals surface area contributed by atoms with Crippen LogP contribution >= 0.6 is 24.2 Å². The average molecular weight is 620 g/mol. The van der Waals surface area contributed by atoms with Gasteiger partial charge in [0.25, 0.3) is 0 Å². The van der Waals surface area contributed by atoms with Gasteiger partial charge in [-0.2, -0.15) is 0 Å². The first kappa shape index (κ1) is 34.8. The summed E-state index contributed by atoms with van der Waals surface area (Å²) in [5.74, 6) is -6.02. The lowest BCUT2D eigenvalue weighted by Crippen LogP contribution is -2.59. The fourth-order valence-corrected chi connectivity index (χ4v) is 6.47. The molecule has 41 heavy (non-hydrogen) atoms. The predicted octanol–water partition coefficient (Wildman–Crippen LogP) is 3.38. The number of aliphatic hydroxyl groups excluding tert-OH is 1. The zero-order valence-electron chi connectivity index (χ0n) is 23.8. The third-order valence-electron chi connectivity index (χ3n) is 7.21. The summed E-state index contributed by atoms with van der Waals surface area (Å²) in [6.07, 6.45) is -0.848. The fraction of sp³-hybridized carbons (Fsp3) is 0.643. The molecule has 3 N–H and O–H groups in total. The Morgan fingerprint density at radius 3 is 2.10 bits per heavy atom. The van der Waals surface area contributed by atoms with Gasteiger partial charge in [0.15, 0.2) is 0 Å². The summed E-state index contributed by atoms with van der Waals surface area (Å²) in [6.45, 7) is 7.74. The van der Waals surface area contributed by atoms with Gasteiger partial charge in [-0.3, -0.25) is 14.4 Å². The van der Waals surface area contributed by atoms with Crippen LogP contribution in [0.3, 0.4) is 0 Å². The molecule has 10 nitrogen and oxygen atoms in total. The Balaban J connectivity index is 0.00000588. The van der Waals surface area contributed by atoms with E-state index in [9.17, 15) is 28.7 Å². The number of aryl methyl sites for hydroxylation is 1. The molecule has 0 aliphatic heterocycles. The van der Waals surface area contributed by atoms with Gasteiger partial charge in [0.2, 0.25) is 13.6 Å². The molecule has 3 rings (SSSR count). The van der Waals surface area contributed by atoms with Crippen molar-refractivity contribution in [3.8, 4) is 0 Å². The van der Waals surface area contributed by atoms with Crippen LogP contribution in [-0.4, -0.2) is 60.0 Å². The van der Waals surface area contributed by atoms with Crippen LogP contribution in [0, 0.1) is 48.2 Å². The fourth-order valence-electron chi connectivity index (χ4n) is 5.20. The van der Waals surface area contributed by atoms with Crippen molar-refractivity contribution in [3.63, 3.8) is 0 Å². The Labute approximate surface area is 249 Å². The molecule has 230 valence electrons. The minimum Gasteiger partial charge on any atom is -0.428 e. The van der Waals surface area contributed by atoms with E-state index in [2.05, 4.69) is 0 Å². The van der Waals surface area contributed by atoms with Crippen molar-refractivity contribution in [3.05, 3.63) is 29.6 Å². The number of benzene rings is 1. The molecule has 0 unspecified atom stereocenters. The number of hydrogen-bond donors (Lipinski definition) is 2. The highest BCUT2D eigenvalue weighted by molar-refractivity contribution is 7.99. The minimum atomic E-state index is -1.80. The third-order valence-corrected chi connectivity index (χ3v) is 8.33. The first-order valence-corrected chi connectivity index (χ1v) is 14.3. The first-order valence-electron chi connectivity index (χ1n) is 13.3. The number of nitrogens with two attached hydrogens (primary N) is 1. The van der Waals surface area contributed by atoms with E-state index in [1.54, 1.807) is 19.1 Å². The molecular formula is C28H39ClFNO9S. The van der Waals surface area contributed by atoms with Gasteiger partial charge in [-0.25, -0.2) is 9.18 Å². The molecule has 0 spiro atoms. The number of rotatable bonds is 13. The number of aliphatic hydroxyl groups is 1. The van der Waals surface area contributed by atoms with Crippen molar-refractivity contribution in [2.24, 2.45) is 41.2 Å². The molecular weight excluding hydrogens is 581 g/mol. The van der Waals surface area contributed by atoms with Gasteiger partial charge in [0.05, 0.1) is 12.0 Å². The number of carbonyl (C=O) groups is 4. The van der Waals surface area contributed by atoms with Crippen molar-refractivity contribution in [1.29, 1.82) is 0 Å². The van der Waals surface area contributed by atoms with E-state index in [1.807, 2.05) is 27.7 Å². The number of fused-ring (bicyclic) bond motifs is 1. The Bertz CT molecular complexity index is 1120. The lowest BCUT2D eigenvalue weighted by atomic mass is 9.81. The summed E-state index contributed by atoms with van der Waals surface area (Å²) < 4.78 is 34.0. The van der Waals surface area contributed by atoms with Crippen LogP contribution < -0.4 is 5.73 Å². The van der Waals surface area contributed by atoms with Crippen LogP contribution in [0.4, 0.5) is 4.39 Å². The predicted molar refractivity (Wildman–Crippen MR) is 149 cm³/mol. The topological polar surface area (TPSA) is 151 Å². The zero-order chi connectivity index (χ0) is 29.8. The maximum atomic E-state index is 13.7. The maximum Gasteiger partial charge on any atom is 0.329 e. The molecule has 1 aromatic rings. The molecule has 0 heterocycles. The quantitative estimate of drug-likeness (QED) is 0.190. The Kier molecular flexibility index (Phi) is 12.4. The van der Waals surface area contributed by atoms with Crippen LogP contribution in [0.15, 0.2) is 23.1 Å². The van der Waals surface area contributed by atoms with Crippen LogP contribution in [0.5, 0.6) is 0 Å². The molecule has 6 atom stereocenters. The molecule has 0 radical (unpaired) electrons. The molecule has 0 aromatic heterocycles. The zero-order valence-corrected chi connectivity index (χ0v) is 25.4. The molecule has 0 amide bonds. The van der Waals surface area contributed by atoms with E-state index >= 15 is 0 Å². The van der Waals surface area contributed by atoms with Gasteiger partial charge in [-0.1, -0.05) is 27.7 Å². The highest BCUT2D eigenvalue weighted by atomic mass is 35.5. The van der Waals surface area contributed by atoms with Gasteiger partial charge >= 0.3 is 23.9 Å². The molecule has 13 heteroatoms. The average Bonchev–Trinajstić information content (AvgIpc) is 3.56. The highest BCUT2D eigenvalue weighted by Gasteiger charge is 2.78. The number of carbonyl (C=O) groups excluding carboxylic acids is 4. The number of hydrogen-bond acceptors (Lipinski definition) is 11. The van der Waals surface area contributed by atoms with E-state index < -0.39 is 72.8 Å². The number of halogens is 2. The van der Waals surface area contributed by atoms with E-state index in [0.717, 1.165) is 0 Å². The summed E-state index contributed by atoms with van der Waals surface area (Å²) in [7, 11) is 0. The number of thioether (sulfide) groups is 1. The normalized spacial score (nSPS) is 26.1. The van der Waals surface area contributed by atoms with E-state index in [0.29, 0.717) is 10.5 Å². The first-order chi connectivity index (χ1) is 18.8. The third kappa shape index (κ3) is 8.33. The molecule has 0 bridgehead atoms. The molecule has 1 aromatic carbocycles. The summed E-state index contributed by atoms with van der Waals surface area (Å²) in [5, 5.41) is 11.2. The van der Waals surface area contributed by atoms with Crippen molar-refractivity contribution >= 4 is 48.0 Å². The maximum absolute atomic E-state index is 13.7. The van der Waals surface area contributed by atoms with Gasteiger partial charge in [-0.05, 0) is 42.5 Å². The summed E-state index contributed by atoms with van der Waals surface area (Å²) in [5.41, 5.74) is 5.30. The van der Waals surface area contributed by atoms with Gasteiger partial charge < -0.3 is 29.8 Å². The van der Waals surface area contributed by atoms with Crippen LogP contribution in [0.2, 0.25) is 0 Å². The van der Waals surface area contributed by atoms with Gasteiger partial charge in [-0.15, -0.1) is 24.2 Å². The SMILES string of the molecule is Cc1cc(SC[C@@H]2[C@@H](O)[C@H]3[C@H](C(=O)OCOC(=O)CC(C)C)[C@H]3[C@]2(N)C(=O)OCOC(=O)CC(C)C)ccc1F.Cl. The largest absolute Gasteiger partial charge is 0.428 e. The van der Waals surface area contributed by atoms with Gasteiger partial charge in [0, 0.05) is 41.2 Å². The van der Waals surface area contributed by atoms with Crippen LogP contribution in [-0.2, 0) is 38.1 Å². The van der Waals surface area contributed by atoms with E-state index in [-0.39, 0.29) is 48.7 Å². The van der Waals surface area contributed by atoms with Gasteiger partial charge in [0.1, 0.15) is 11.4 Å². The standard InChI is InChI=1S/C28H38FNO9S.ClH/c1-14(2)8-20(31)36-12-38-26(34)23-22-24(23)28(30,27(35)39-13-37-21(32)9-15(3)4)18(25(22)33)11-40-17-6-7-19(29)16(5)10-17;/h6-7,10,14-15,18,22-25,33H,8-9,11-13,30H2,1-5H3;1H/t18-,22+,23+,24+,25-,28+;/m1./s1. The highest BCUT2D eigenvalue weighted by Crippen LogP contribution is 2.64. The van der Waals surface area contributed by atoms with Crippen molar-refractivity contribution < 1.29 is 47.6 Å². The minimum absolute atomic E-state index is 0. The molecule has 2 fully saturated rings. The van der Waals surface area contributed by atoms with Crippen molar-refractivity contribution in [2.75, 3.05) is 19.3 Å². The van der Waals surface area contributed by atoms with Crippen LogP contribution in [0.1, 0.15) is 46.1 Å². The Morgan fingerprint density at radius 2 is 1.56 bits per heavy atom. The second kappa shape index (κ2) is 14.7. The van der Waals surface area contributed by atoms with Crippen LogP contribution in [0.25, 0.3) is 0 Å². The monoisotopic (exact) mass is 619 g/mol. The lowest BCUT2D eigenvalue weighted by Gasteiger charge is -2.34. The Morgan fingerprint density at radius 1 is 1.00 bits per heavy atom. The molecule has 2 saturated carbocycles. The summed E-state index contributed by atoms with van der Waals surface area (Å²) >= 11 is 1.28. The second-order valence-electron chi connectivity index (χ2n) is 11.2. The Hall–Kier alpha value is -2.41. The summed E-state index contributed by atoms with van der Waals surface area (Å²) in [6, 6.07) is 4.56. The molecule has 2 aliphatic rings. The summed E-state index contributed by atoms with van der Waals surface area (Å²) in [4.78, 5) is 50.4. The van der Waals surface area contributed by atoms with E-state index in [1.165, 1.54) is 17.8 Å². The van der Waals surface area contributed by atoms with E-state index in [4.69, 9.17) is 24.7 Å². The number of ether oxygens (including phenoxy) is 4. The lowest BCUT2D eigenvalue weighted by molar-refractivity contribution is -0.174.